The molecule has 0 radical (unpaired) electrons. The molecule has 1 heterocycles. The number of aryl methyl sites for hydroxylation is 1. The number of carbonyl (C=O) groups excluding carboxylic acids is 1. The molecule has 1 fully saturated rings. The van der Waals surface area contributed by atoms with Gasteiger partial charge < -0.3 is 14.9 Å². The molecule has 0 bridgehead atoms. The Kier molecular flexibility index (Phi) is 6.29. The van der Waals surface area contributed by atoms with Crippen LogP contribution in [0, 0.1) is 6.92 Å². The van der Waals surface area contributed by atoms with Gasteiger partial charge in [0.25, 0.3) is 5.91 Å². The van der Waals surface area contributed by atoms with Crippen LogP contribution in [0.5, 0.6) is 17.2 Å². The second kappa shape index (κ2) is 8.87. The van der Waals surface area contributed by atoms with Gasteiger partial charge in [0.15, 0.2) is 16.7 Å². The van der Waals surface area contributed by atoms with E-state index in [4.69, 9.17) is 4.74 Å². The quantitative estimate of drug-likeness (QED) is 0.537. The minimum Gasteiger partial charge on any atom is -0.506 e. The van der Waals surface area contributed by atoms with Crippen LogP contribution < -0.4 is 4.74 Å². The fourth-order valence-electron chi connectivity index (χ4n) is 2.76. The van der Waals surface area contributed by atoms with Gasteiger partial charge in [-0.1, -0.05) is 18.2 Å². The van der Waals surface area contributed by atoms with Gasteiger partial charge in [0.05, 0.1) is 11.5 Å². The maximum atomic E-state index is 12.9. The van der Waals surface area contributed by atoms with Gasteiger partial charge in [-0.2, -0.15) is 0 Å². The summed E-state index contributed by atoms with van der Waals surface area (Å²) in [6.07, 6.45) is 3.35. The summed E-state index contributed by atoms with van der Waals surface area (Å²) in [5.41, 5.74) is 2.03. The van der Waals surface area contributed by atoms with Crippen molar-refractivity contribution in [1.82, 2.24) is 4.90 Å². The summed E-state index contributed by atoms with van der Waals surface area (Å²) in [4.78, 5) is 19.3. The highest BCUT2D eigenvalue weighted by atomic mass is 32.2. The first-order chi connectivity index (χ1) is 13.9. The number of carbonyl (C=O) groups is 1. The molecule has 0 spiro atoms. The second-order valence-corrected chi connectivity index (χ2v) is 7.37. The van der Waals surface area contributed by atoms with E-state index in [9.17, 15) is 15.0 Å². The molecule has 2 N–H and O–H groups in total. The molecule has 0 aromatic heterocycles. The topological polar surface area (TPSA) is 82.4 Å². The minimum atomic E-state index is -0.203. The first kappa shape index (κ1) is 20.5. The Morgan fingerprint density at radius 3 is 2.69 bits per heavy atom. The van der Waals surface area contributed by atoms with Gasteiger partial charge in [0.2, 0.25) is 0 Å². The van der Waals surface area contributed by atoms with Crippen LogP contribution >= 0.6 is 11.8 Å². The van der Waals surface area contributed by atoms with Crippen LogP contribution in [-0.4, -0.2) is 39.3 Å². The smallest absolute Gasteiger partial charge is 0.267 e. The maximum absolute atomic E-state index is 12.9. The molecule has 1 aliphatic rings. The number of thioether (sulfide) groups is 1. The van der Waals surface area contributed by atoms with Gasteiger partial charge in [0.1, 0.15) is 11.4 Å². The molecule has 0 unspecified atom stereocenters. The predicted octanol–water partition coefficient (Wildman–Crippen LogP) is 4.59. The van der Waals surface area contributed by atoms with Crippen molar-refractivity contribution in [3.05, 3.63) is 65.1 Å². The Morgan fingerprint density at radius 2 is 2.00 bits per heavy atom. The van der Waals surface area contributed by atoms with E-state index >= 15 is 0 Å². The van der Waals surface area contributed by atoms with E-state index in [2.05, 4.69) is 11.6 Å². The summed E-state index contributed by atoms with van der Waals surface area (Å²) >= 11 is 1.22. The summed E-state index contributed by atoms with van der Waals surface area (Å²) in [5.74, 6) is 0.260. The number of ether oxygens (including phenoxy) is 1. The summed E-state index contributed by atoms with van der Waals surface area (Å²) in [5, 5.41) is 20.5. The number of benzene rings is 2. The van der Waals surface area contributed by atoms with Crippen molar-refractivity contribution in [2.75, 3.05) is 13.2 Å². The molecule has 29 heavy (non-hydrogen) atoms. The molecule has 2 aromatic carbocycles. The highest BCUT2D eigenvalue weighted by molar-refractivity contribution is 8.18. The zero-order valence-corrected chi connectivity index (χ0v) is 17.1. The van der Waals surface area contributed by atoms with Gasteiger partial charge in [-0.05, 0) is 67.1 Å². The van der Waals surface area contributed by atoms with E-state index in [1.165, 1.54) is 22.7 Å². The number of hydrogen-bond donors (Lipinski definition) is 2. The number of hydrogen-bond acceptors (Lipinski definition) is 6. The van der Waals surface area contributed by atoms with Crippen LogP contribution in [0.15, 0.2) is 59.0 Å². The van der Waals surface area contributed by atoms with E-state index in [0.717, 1.165) is 11.1 Å². The number of aliphatic imine (C=N–C) groups is 1. The number of nitrogens with zero attached hydrogens (tertiary/aromatic N) is 2. The summed E-state index contributed by atoms with van der Waals surface area (Å²) < 4.78 is 5.41. The van der Waals surface area contributed by atoms with E-state index in [-0.39, 0.29) is 17.4 Å². The Morgan fingerprint density at radius 1 is 1.21 bits per heavy atom. The third kappa shape index (κ3) is 4.63. The highest BCUT2D eigenvalue weighted by Gasteiger charge is 2.32. The van der Waals surface area contributed by atoms with Crippen molar-refractivity contribution >= 4 is 34.6 Å². The molecule has 3 rings (SSSR count). The third-order valence-corrected chi connectivity index (χ3v) is 5.13. The monoisotopic (exact) mass is 410 g/mol. The van der Waals surface area contributed by atoms with Gasteiger partial charge in [-0.3, -0.25) is 9.69 Å². The lowest BCUT2D eigenvalue weighted by Crippen LogP contribution is -2.29. The standard InChI is InChI=1S/C22H22N2O4S/c1-4-10-24-21(27)20(13-15-7-9-17(25)19(12-15)28-5-2)29-22(24)23-16-8-6-14(3)11-18(16)26/h4,6-9,11-13,25-26H,1,5,10H2,2-3H3/b20-13-,23-22?. The third-order valence-electron chi connectivity index (χ3n) is 4.13. The Hall–Kier alpha value is -3.19. The SMILES string of the molecule is C=CCN1C(=O)/C(=C/c2ccc(O)c(OCC)c2)SC1=Nc1ccc(C)cc1O. The molecular formula is C22H22N2O4S. The second-order valence-electron chi connectivity index (χ2n) is 6.36. The molecule has 2 aromatic rings. The summed E-state index contributed by atoms with van der Waals surface area (Å²) in [6, 6.07) is 10.1. The molecular weight excluding hydrogens is 388 g/mol. The van der Waals surface area contributed by atoms with Gasteiger partial charge >= 0.3 is 0 Å². The van der Waals surface area contributed by atoms with Crippen LogP contribution in [-0.2, 0) is 4.79 Å². The average Bonchev–Trinajstić information content (AvgIpc) is 2.96. The average molecular weight is 410 g/mol. The van der Waals surface area contributed by atoms with E-state index in [1.807, 2.05) is 19.9 Å². The van der Waals surface area contributed by atoms with Crippen molar-refractivity contribution < 1.29 is 19.7 Å². The lowest BCUT2D eigenvalue weighted by molar-refractivity contribution is -0.121. The van der Waals surface area contributed by atoms with Crippen molar-refractivity contribution in [2.24, 2.45) is 4.99 Å². The summed E-state index contributed by atoms with van der Waals surface area (Å²) in [7, 11) is 0. The first-order valence-electron chi connectivity index (χ1n) is 9.09. The molecule has 7 heteroatoms. The van der Waals surface area contributed by atoms with Gasteiger partial charge in [0, 0.05) is 6.54 Å². The van der Waals surface area contributed by atoms with Gasteiger partial charge in [-0.15, -0.1) is 6.58 Å². The molecule has 6 nitrogen and oxygen atoms in total. The summed E-state index contributed by atoms with van der Waals surface area (Å²) in [6.45, 7) is 8.14. The first-order valence-corrected chi connectivity index (χ1v) is 9.91. The number of amidine groups is 1. The van der Waals surface area contributed by atoms with E-state index < -0.39 is 0 Å². The predicted molar refractivity (Wildman–Crippen MR) is 117 cm³/mol. The molecule has 0 aliphatic carbocycles. The van der Waals surface area contributed by atoms with Gasteiger partial charge in [-0.25, -0.2) is 4.99 Å². The molecule has 1 saturated heterocycles. The van der Waals surface area contributed by atoms with Crippen LogP contribution in [0.25, 0.3) is 6.08 Å². The number of amides is 1. The van der Waals surface area contributed by atoms with E-state index in [0.29, 0.717) is 34.7 Å². The Bertz CT molecular complexity index is 1010. The molecule has 0 saturated carbocycles. The number of aromatic hydroxyl groups is 2. The van der Waals surface area contributed by atoms with Crippen molar-refractivity contribution in [3.8, 4) is 17.2 Å². The number of phenolic OH excluding ortho intramolecular Hbond substituents is 2. The Balaban J connectivity index is 1.97. The van der Waals surface area contributed by atoms with Crippen LogP contribution in [0.1, 0.15) is 18.1 Å². The normalized spacial score (nSPS) is 16.6. The van der Waals surface area contributed by atoms with E-state index in [1.54, 1.807) is 36.4 Å². The van der Waals surface area contributed by atoms with Crippen molar-refractivity contribution in [2.45, 2.75) is 13.8 Å². The zero-order valence-electron chi connectivity index (χ0n) is 16.3. The molecule has 150 valence electrons. The van der Waals surface area contributed by atoms with Crippen LogP contribution in [0.2, 0.25) is 0 Å². The maximum Gasteiger partial charge on any atom is 0.267 e. The largest absolute Gasteiger partial charge is 0.506 e. The molecule has 1 aliphatic heterocycles. The lowest BCUT2D eigenvalue weighted by atomic mass is 10.2. The van der Waals surface area contributed by atoms with Crippen molar-refractivity contribution in [3.63, 3.8) is 0 Å². The van der Waals surface area contributed by atoms with Crippen LogP contribution in [0.3, 0.4) is 0 Å². The number of phenols is 2. The highest BCUT2D eigenvalue weighted by Crippen LogP contribution is 2.37. The fourth-order valence-corrected chi connectivity index (χ4v) is 3.76. The minimum absolute atomic E-state index is 0.0461. The van der Waals surface area contributed by atoms with Crippen LogP contribution in [0.4, 0.5) is 5.69 Å². The zero-order chi connectivity index (χ0) is 21.0. The fraction of sp³-hybridized carbons (Fsp3) is 0.182. The molecule has 0 atom stereocenters. The molecule has 1 amide bonds. The van der Waals surface area contributed by atoms with Crippen molar-refractivity contribution in [1.29, 1.82) is 0 Å². The lowest BCUT2D eigenvalue weighted by Gasteiger charge is -2.13. The number of rotatable bonds is 6. The Labute approximate surface area is 173 Å².